The topological polar surface area (TPSA) is 54.4 Å². The zero-order chi connectivity index (χ0) is 16.8. The lowest BCUT2D eigenvalue weighted by molar-refractivity contribution is -0.115. The van der Waals surface area contributed by atoms with Crippen LogP contribution in [-0.4, -0.2) is 16.1 Å². The Labute approximate surface area is 146 Å². The number of aryl methyl sites for hydroxylation is 1. The quantitative estimate of drug-likeness (QED) is 0.827. The lowest BCUT2D eigenvalue weighted by Crippen LogP contribution is -2.19. The van der Waals surface area contributed by atoms with Crippen LogP contribution in [0, 0.1) is 0 Å². The molecule has 1 aliphatic rings. The molecule has 1 aromatic heterocycles. The predicted octanol–water partition coefficient (Wildman–Crippen LogP) is 4.32. The van der Waals surface area contributed by atoms with E-state index in [0.29, 0.717) is 10.1 Å². The monoisotopic (exact) mass is 337 g/mol. The summed E-state index contributed by atoms with van der Waals surface area (Å²) in [5.41, 5.74) is 3.07. The molecule has 1 fully saturated rings. The smallest absolute Gasteiger partial charge is 0.264 e. The van der Waals surface area contributed by atoms with Crippen molar-refractivity contribution in [2.45, 2.75) is 26.2 Å². The van der Waals surface area contributed by atoms with Crippen molar-refractivity contribution in [3.63, 3.8) is 0 Å². The summed E-state index contributed by atoms with van der Waals surface area (Å²) in [6, 6.07) is 11.9. The fraction of sp³-hybridized carbons (Fsp3) is 0.211. The van der Waals surface area contributed by atoms with Crippen molar-refractivity contribution >= 4 is 34.6 Å². The molecule has 0 bridgehead atoms. The molecule has 4 nitrogen and oxygen atoms in total. The van der Waals surface area contributed by atoms with Gasteiger partial charge in [0.25, 0.3) is 5.91 Å². The Morgan fingerprint density at radius 1 is 1.25 bits per heavy atom. The Hall–Kier alpha value is -2.40. The van der Waals surface area contributed by atoms with Gasteiger partial charge >= 0.3 is 0 Å². The molecule has 1 saturated heterocycles. The second kappa shape index (κ2) is 7.93. The van der Waals surface area contributed by atoms with Crippen LogP contribution >= 0.6 is 11.8 Å². The maximum atomic E-state index is 12.1. The highest BCUT2D eigenvalue weighted by molar-refractivity contribution is 8.18. The molecule has 1 amide bonds. The third kappa shape index (κ3) is 4.32. The number of aromatic nitrogens is 1. The minimum absolute atomic E-state index is 0.123. The van der Waals surface area contributed by atoms with Gasteiger partial charge in [0.1, 0.15) is 0 Å². The first-order valence-corrected chi connectivity index (χ1v) is 8.85. The number of carbonyl (C=O) groups is 1. The standard InChI is InChI=1S/C19H19N3OS/c1-2-3-5-14-7-9-16(10-8-14)21-19-22-18(23)17(24-19)12-15-6-4-11-20-13-15/h4,6-13H,2-3,5H2,1H3,(H,21,22,23). The Morgan fingerprint density at radius 3 is 2.79 bits per heavy atom. The van der Waals surface area contributed by atoms with Gasteiger partial charge in [0.2, 0.25) is 0 Å². The molecule has 2 heterocycles. The number of hydrogen-bond donors (Lipinski definition) is 1. The molecule has 3 rings (SSSR count). The summed E-state index contributed by atoms with van der Waals surface area (Å²) in [6.07, 6.45) is 8.74. The van der Waals surface area contributed by atoms with E-state index >= 15 is 0 Å². The lowest BCUT2D eigenvalue weighted by Gasteiger charge is -2.01. The Bertz CT molecular complexity index is 767. The molecule has 1 aliphatic heterocycles. The normalized spacial score (nSPS) is 17.5. The first kappa shape index (κ1) is 16.5. The highest BCUT2D eigenvalue weighted by Gasteiger charge is 2.23. The van der Waals surface area contributed by atoms with Gasteiger partial charge in [0.15, 0.2) is 5.17 Å². The number of rotatable bonds is 5. The average molecular weight is 337 g/mol. The molecule has 0 spiro atoms. The van der Waals surface area contributed by atoms with E-state index in [4.69, 9.17) is 0 Å². The molecule has 0 unspecified atom stereocenters. The van der Waals surface area contributed by atoms with Gasteiger partial charge in [0, 0.05) is 12.4 Å². The first-order valence-electron chi connectivity index (χ1n) is 8.03. The molecule has 0 radical (unpaired) electrons. The van der Waals surface area contributed by atoms with Crippen molar-refractivity contribution in [1.29, 1.82) is 0 Å². The zero-order valence-corrected chi connectivity index (χ0v) is 14.3. The molecule has 0 aliphatic carbocycles. The zero-order valence-electron chi connectivity index (χ0n) is 13.5. The van der Waals surface area contributed by atoms with E-state index in [1.54, 1.807) is 12.4 Å². The van der Waals surface area contributed by atoms with E-state index in [1.807, 2.05) is 30.3 Å². The molecular formula is C19H19N3OS. The second-order valence-electron chi connectivity index (χ2n) is 5.54. The van der Waals surface area contributed by atoms with Gasteiger partial charge in [-0.3, -0.25) is 9.78 Å². The van der Waals surface area contributed by atoms with Gasteiger partial charge in [-0.2, -0.15) is 0 Å². The summed E-state index contributed by atoms with van der Waals surface area (Å²) < 4.78 is 0. The summed E-state index contributed by atoms with van der Waals surface area (Å²) in [5, 5.41) is 3.41. The summed E-state index contributed by atoms with van der Waals surface area (Å²) in [7, 11) is 0. The Balaban J connectivity index is 1.71. The minimum atomic E-state index is -0.123. The van der Waals surface area contributed by atoms with E-state index < -0.39 is 0 Å². The van der Waals surface area contributed by atoms with Crippen molar-refractivity contribution in [3.05, 3.63) is 64.8 Å². The molecule has 24 heavy (non-hydrogen) atoms. The van der Waals surface area contributed by atoms with Crippen LogP contribution in [-0.2, 0) is 11.2 Å². The van der Waals surface area contributed by atoms with Crippen molar-refractivity contribution in [2.75, 3.05) is 0 Å². The van der Waals surface area contributed by atoms with Crippen LogP contribution in [0.2, 0.25) is 0 Å². The predicted molar refractivity (Wildman–Crippen MR) is 100 cm³/mol. The van der Waals surface area contributed by atoms with E-state index in [2.05, 4.69) is 34.3 Å². The maximum Gasteiger partial charge on any atom is 0.264 e. The second-order valence-corrected chi connectivity index (χ2v) is 6.57. The van der Waals surface area contributed by atoms with Crippen molar-refractivity contribution in [3.8, 4) is 0 Å². The summed E-state index contributed by atoms with van der Waals surface area (Å²) >= 11 is 1.35. The fourth-order valence-corrected chi connectivity index (χ4v) is 3.17. The first-order chi connectivity index (χ1) is 11.7. The third-order valence-electron chi connectivity index (χ3n) is 3.62. The van der Waals surface area contributed by atoms with Gasteiger partial charge < -0.3 is 5.32 Å². The van der Waals surface area contributed by atoms with Crippen LogP contribution < -0.4 is 5.32 Å². The van der Waals surface area contributed by atoms with E-state index in [1.165, 1.54) is 30.2 Å². The van der Waals surface area contributed by atoms with Gasteiger partial charge in [0.05, 0.1) is 10.6 Å². The highest BCUT2D eigenvalue weighted by Crippen LogP contribution is 2.28. The van der Waals surface area contributed by atoms with E-state index in [9.17, 15) is 4.79 Å². The number of amidine groups is 1. The number of amides is 1. The summed E-state index contributed by atoms with van der Waals surface area (Å²) in [6.45, 7) is 2.19. The Kier molecular flexibility index (Phi) is 5.43. The van der Waals surface area contributed by atoms with Gasteiger partial charge in [-0.1, -0.05) is 31.5 Å². The summed E-state index contributed by atoms with van der Waals surface area (Å²) in [5.74, 6) is -0.123. The molecule has 0 atom stereocenters. The lowest BCUT2D eigenvalue weighted by atomic mass is 10.1. The average Bonchev–Trinajstić information content (AvgIpc) is 2.94. The number of carbonyl (C=O) groups excluding carboxylic acids is 1. The molecule has 122 valence electrons. The highest BCUT2D eigenvalue weighted by atomic mass is 32.2. The SMILES string of the molecule is CCCCc1ccc(N=C2NC(=O)C(=Cc3cccnc3)S2)cc1. The number of thioether (sulfide) groups is 1. The number of pyridine rings is 1. The molecule has 5 heteroatoms. The molecule has 0 saturated carbocycles. The number of nitrogens with one attached hydrogen (secondary N) is 1. The van der Waals surface area contributed by atoms with Crippen LogP contribution in [0.4, 0.5) is 5.69 Å². The number of hydrogen-bond acceptors (Lipinski definition) is 4. The van der Waals surface area contributed by atoms with Crippen molar-refractivity contribution < 1.29 is 4.79 Å². The number of nitrogens with zero attached hydrogens (tertiary/aromatic N) is 2. The third-order valence-corrected chi connectivity index (χ3v) is 4.53. The number of unbranched alkanes of at least 4 members (excludes halogenated alkanes) is 1. The number of aliphatic imine (C=N–C) groups is 1. The minimum Gasteiger partial charge on any atom is -0.300 e. The fourth-order valence-electron chi connectivity index (χ4n) is 2.33. The van der Waals surface area contributed by atoms with Gasteiger partial charge in [-0.05, 0) is 60.0 Å². The Morgan fingerprint density at radius 2 is 2.08 bits per heavy atom. The van der Waals surface area contributed by atoms with Crippen LogP contribution in [0.15, 0.2) is 58.7 Å². The number of benzene rings is 1. The largest absolute Gasteiger partial charge is 0.300 e. The maximum absolute atomic E-state index is 12.1. The van der Waals surface area contributed by atoms with E-state index in [-0.39, 0.29) is 5.91 Å². The molecule has 1 aromatic carbocycles. The van der Waals surface area contributed by atoms with Gasteiger partial charge in [-0.15, -0.1) is 0 Å². The summed E-state index contributed by atoms with van der Waals surface area (Å²) in [4.78, 5) is 21.2. The van der Waals surface area contributed by atoms with Crippen LogP contribution in [0.25, 0.3) is 6.08 Å². The van der Waals surface area contributed by atoms with Gasteiger partial charge in [-0.25, -0.2) is 4.99 Å². The van der Waals surface area contributed by atoms with E-state index in [0.717, 1.165) is 17.7 Å². The molecule has 1 N–H and O–H groups in total. The van der Waals surface area contributed by atoms with Crippen molar-refractivity contribution in [2.24, 2.45) is 4.99 Å². The van der Waals surface area contributed by atoms with Crippen LogP contribution in [0.3, 0.4) is 0 Å². The molecule has 2 aromatic rings. The van der Waals surface area contributed by atoms with Crippen LogP contribution in [0.1, 0.15) is 30.9 Å². The molecular weight excluding hydrogens is 318 g/mol. The van der Waals surface area contributed by atoms with Crippen molar-refractivity contribution in [1.82, 2.24) is 10.3 Å². The van der Waals surface area contributed by atoms with Crippen LogP contribution in [0.5, 0.6) is 0 Å².